The van der Waals surface area contributed by atoms with Gasteiger partial charge in [-0.15, -0.1) is 0 Å². The van der Waals surface area contributed by atoms with Gasteiger partial charge >= 0.3 is 0 Å². The highest BCUT2D eigenvalue weighted by Gasteiger charge is 2.28. The molecule has 0 saturated carbocycles. The highest BCUT2D eigenvalue weighted by molar-refractivity contribution is 7.92. The van der Waals surface area contributed by atoms with Crippen molar-refractivity contribution >= 4 is 39.9 Å². The first-order valence-corrected chi connectivity index (χ1v) is 32.0. The van der Waals surface area contributed by atoms with Crippen molar-refractivity contribution < 1.29 is 61.7 Å². The maximum absolute atomic E-state index is 13.2. The molecule has 0 amide bonds. The van der Waals surface area contributed by atoms with E-state index in [-0.39, 0.29) is 31.9 Å². The zero-order valence-corrected chi connectivity index (χ0v) is 51.5. The SMILES string of the molecule is CC.CC.CC.CC.COc1ccc(-c2ccc(Oc3ccc(S(=O)(=O)c4ccc(C)cc4)cc3)cc2)cc1.COc1ccc(S(=O)(=O)c2ccc(Oc3ccc(C(C)(C)c4ccc(C)cc4)cc3S(=O)(=O)O)cc2)cc1S(=O)(=O)O. The van der Waals surface area contributed by atoms with E-state index in [2.05, 4.69) is 0 Å². The molecule has 0 bridgehead atoms. The monoisotopic (exact) mass is 1180 g/mol. The van der Waals surface area contributed by atoms with Crippen molar-refractivity contribution in [2.45, 2.75) is 118 Å². The number of ether oxygens (including phenoxy) is 4. The summed E-state index contributed by atoms with van der Waals surface area (Å²) < 4.78 is 141. The Bertz CT molecular complexity index is 3710. The van der Waals surface area contributed by atoms with Crippen LogP contribution in [-0.4, -0.2) is 57.0 Å². The second-order valence-corrected chi connectivity index (χ2v) is 23.8. The quantitative estimate of drug-likeness (QED) is 0.0914. The molecule has 8 rings (SSSR count). The molecule has 0 fully saturated rings. The van der Waals surface area contributed by atoms with E-state index in [1.807, 2.05) is 156 Å². The molecule has 2 N–H and O–H groups in total. The molecule has 0 aliphatic rings. The molecule has 8 aromatic carbocycles. The van der Waals surface area contributed by atoms with Gasteiger partial charge in [0.1, 0.15) is 44.3 Å². The molecule has 0 aromatic heterocycles. The Kier molecular flexibility index (Phi) is 25.6. The molecule has 0 atom stereocenters. The van der Waals surface area contributed by atoms with Crippen molar-refractivity contribution in [3.63, 3.8) is 0 Å². The van der Waals surface area contributed by atoms with Gasteiger partial charge in [-0.3, -0.25) is 9.11 Å². The molecule has 0 radical (unpaired) electrons. The number of rotatable bonds is 15. The fourth-order valence-electron chi connectivity index (χ4n) is 7.47. The van der Waals surface area contributed by atoms with E-state index in [1.54, 1.807) is 61.7 Å². The standard InChI is InChI=1S/C29H28O10S3.C26H22O4S.4C2H6/c1-19-5-7-20(8-6-19)29(2,3)21-9-15-26(27(17-21)41(32,33)34)39-22-10-12-23(13-11-22)40(30,31)24-14-16-25(38-4)28(18-24)42(35,36)37;1-19-3-15-25(16-4-19)31(27,28)26-17-13-24(14-18-26)30-23-11-7-21(8-12-23)20-5-9-22(29-2)10-6-20;4*1-2/h5-18H,1-4H3,(H,32,33,34)(H,35,36,37);3-18H,1-2H3;4*1-2H3. The van der Waals surface area contributed by atoms with Crippen molar-refractivity contribution in [2.24, 2.45) is 0 Å². The zero-order chi connectivity index (χ0) is 60.9. The summed E-state index contributed by atoms with van der Waals surface area (Å²) in [6.07, 6.45) is 0. The predicted octanol–water partition coefficient (Wildman–Crippen LogP) is 15.8. The molecular formula is C63H74O14S4. The van der Waals surface area contributed by atoms with Crippen LogP contribution in [0.25, 0.3) is 11.1 Å². The Balaban J connectivity index is 0.000000391. The number of methoxy groups -OCH3 is 2. The Morgan fingerprint density at radius 2 is 0.667 bits per heavy atom. The highest BCUT2D eigenvalue weighted by atomic mass is 32.2. The van der Waals surface area contributed by atoms with Gasteiger partial charge in [-0.25, -0.2) is 16.8 Å². The van der Waals surface area contributed by atoms with E-state index >= 15 is 0 Å². The summed E-state index contributed by atoms with van der Waals surface area (Å²) in [6.45, 7) is 23.7. The van der Waals surface area contributed by atoms with Crippen LogP contribution in [0.15, 0.2) is 211 Å². The third-order valence-electron chi connectivity index (χ3n) is 11.8. The van der Waals surface area contributed by atoms with Gasteiger partial charge in [-0.05, 0) is 151 Å². The van der Waals surface area contributed by atoms with Crippen molar-refractivity contribution in [1.82, 2.24) is 0 Å². The van der Waals surface area contributed by atoms with Gasteiger partial charge in [0, 0.05) is 5.41 Å². The lowest BCUT2D eigenvalue weighted by molar-refractivity contribution is 0.397. The topological polar surface area (TPSA) is 214 Å². The molecule has 14 nitrogen and oxygen atoms in total. The summed E-state index contributed by atoms with van der Waals surface area (Å²) in [5.74, 6) is 1.72. The maximum atomic E-state index is 13.2. The molecule has 81 heavy (non-hydrogen) atoms. The van der Waals surface area contributed by atoms with E-state index < -0.39 is 60.0 Å². The van der Waals surface area contributed by atoms with Crippen LogP contribution in [-0.2, 0) is 45.3 Å². The van der Waals surface area contributed by atoms with Crippen molar-refractivity contribution in [1.29, 1.82) is 0 Å². The predicted molar refractivity (Wildman–Crippen MR) is 321 cm³/mol. The van der Waals surface area contributed by atoms with E-state index in [1.165, 1.54) is 43.5 Å². The smallest absolute Gasteiger partial charge is 0.298 e. The first-order chi connectivity index (χ1) is 38.4. The van der Waals surface area contributed by atoms with E-state index in [0.717, 1.165) is 51.8 Å². The minimum Gasteiger partial charge on any atom is -0.497 e. The molecule has 0 aliphatic carbocycles. The van der Waals surface area contributed by atoms with Gasteiger partial charge in [0.25, 0.3) is 20.2 Å². The van der Waals surface area contributed by atoms with Crippen LogP contribution in [0, 0.1) is 13.8 Å². The molecule has 18 heteroatoms. The lowest BCUT2D eigenvalue weighted by atomic mass is 9.78. The van der Waals surface area contributed by atoms with Crippen LogP contribution in [0.4, 0.5) is 0 Å². The van der Waals surface area contributed by atoms with Crippen molar-refractivity contribution in [3.8, 4) is 45.6 Å². The summed E-state index contributed by atoms with van der Waals surface area (Å²) in [5.41, 5.74) is 5.16. The van der Waals surface area contributed by atoms with Crippen LogP contribution in [0.1, 0.15) is 91.5 Å². The summed E-state index contributed by atoms with van der Waals surface area (Å²) in [5, 5.41) is 0. The van der Waals surface area contributed by atoms with Gasteiger partial charge in [0.05, 0.1) is 33.8 Å². The average molecular weight is 1180 g/mol. The molecular weight excluding hydrogens is 1110 g/mol. The van der Waals surface area contributed by atoms with E-state index in [9.17, 15) is 42.8 Å². The Hall–Kier alpha value is -7.32. The van der Waals surface area contributed by atoms with Crippen molar-refractivity contribution in [3.05, 3.63) is 204 Å². The highest BCUT2D eigenvalue weighted by Crippen LogP contribution is 2.38. The van der Waals surface area contributed by atoms with Crippen LogP contribution in [0.2, 0.25) is 0 Å². The molecule has 0 unspecified atom stereocenters. The van der Waals surface area contributed by atoms with E-state index in [4.69, 9.17) is 18.9 Å². The molecule has 0 spiro atoms. The van der Waals surface area contributed by atoms with Crippen LogP contribution < -0.4 is 18.9 Å². The Morgan fingerprint density at radius 3 is 1.07 bits per heavy atom. The third kappa shape index (κ3) is 17.8. The van der Waals surface area contributed by atoms with Crippen LogP contribution in [0.3, 0.4) is 0 Å². The summed E-state index contributed by atoms with van der Waals surface area (Å²) in [7, 11) is -14.5. The number of sulfone groups is 2. The molecule has 434 valence electrons. The first-order valence-electron chi connectivity index (χ1n) is 26.1. The Labute approximate surface area is 480 Å². The lowest BCUT2D eigenvalue weighted by Crippen LogP contribution is -2.19. The first kappa shape index (κ1) is 68.0. The second kappa shape index (κ2) is 30.5. The zero-order valence-electron chi connectivity index (χ0n) is 48.2. The number of aryl methyl sites for hydroxylation is 2. The van der Waals surface area contributed by atoms with Gasteiger partial charge in [-0.1, -0.05) is 147 Å². The van der Waals surface area contributed by atoms with Gasteiger partial charge in [-0.2, -0.15) is 16.8 Å². The maximum Gasteiger partial charge on any atom is 0.298 e. The lowest BCUT2D eigenvalue weighted by Gasteiger charge is -2.27. The molecule has 0 heterocycles. The minimum atomic E-state index is -4.78. The van der Waals surface area contributed by atoms with Gasteiger partial charge < -0.3 is 18.9 Å². The van der Waals surface area contributed by atoms with Gasteiger partial charge in [0.15, 0.2) is 0 Å². The van der Waals surface area contributed by atoms with Crippen LogP contribution in [0.5, 0.6) is 34.5 Å². The van der Waals surface area contributed by atoms with E-state index in [0.29, 0.717) is 17.1 Å². The average Bonchev–Trinajstić information content (AvgIpc) is 3.59. The normalized spacial score (nSPS) is 11.1. The van der Waals surface area contributed by atoms with Crippen LogP contribution >= 0.6 is 0 Å². The molecule has 8 aromatic rings. The fourth-order valence-corrected chi connectivity index (χ4v) is 11.4. The summed E-state index contributed by atoms with van der Waals surface area (Å²) in [4.78, 5) is -1.30. The van der Waals surface area contributed by atoms with Gasteiger partial charge in [0.2, 0.25) is 19.7 Å². The summed E-state index contributed by atoms with van der Waals surface area (Å²) in [6, 6.07) is 49.0. The second-order valence-electron chi connectivity index (χ2n) is 17.1. The third-order valence-corrected chi connectivity index (χ3v) is 17.1. The largest absolute Gasteiger partial charge is 0.497 e. The Morgan fingerprint density at radius 1 is 0.346 bits per heavy atom. The summed E-state index contributed by atoms with van der Waals surface area (Å²) >= 11 is 0. The van der Waals surface area contributed by atoms with Crippen molar-refractivity contribution in [2.75, 3.05) is 14.2 Å². The fraction of sp³-hybridized carbons (Fsp3) is 0.238. The number of hydrogen-bond acceptors (Lipinski definition) is 12. The molecule has 0 aliphatic heterocycles. The number of benzene rings is 8. The number of hydrogen-bond donors (Lipinski definition) is 2. The minimum absolute atomic E-state index is 0.0674. The molecule has 0 saturated heterocycles.